The third-order valence-electron chi connectivity index (χ3n) is 2.20. The second-order valence-electron chi connectivity index (χ2n) is 2.91. The van der Waals surface area contributed by atoms with Gasteiger partial charge in [-0.15, -0.1) is 0 Å². The highest BCUT2D eigenvalue weighted by molar-refractivity contribution is 5.58. The van der Waals surface area contributed by atoms with Gasteiger partial charge in [0.15, 0.2) is 0 Å². The van der Waals surface area contributed by atoms with Crippen LogP contribution in [-0.4, -0.2) is 15.3 Å². The highest BCUT2D eigenvalue weighted by Gasteiger charge is 2.18. The molecule has 0 spiro atoms. The van der Waals surface area contributed by atoms with Crippen molar-refractivity contribution in [2.45, 2.75) is 19.3 Å². The van der Waals surface area contributed by atoms with E-state index in [-0.39, 0.29) is 11.4 Å². The maximum Gasteiger partial charge on any atom is 0.147 e. The minimum absolute atomic E-state index is 0.139. The molecule has 0 amide bonds. The number of hydrogen-bond acceptors (Lipinski definition) is 4. The smallest absolute Gasteiger partial charge is 0.147 e. The van der Waals surface area contributed by atoms with E-state index < -0.39 is 0 Å². The second kappa shape index (κ2) is 2.64. The molecule has 64 valence electrons. The molecule has 1 aliphatic carbocycles. The summed E-state index contributed by atoms with van der Waals surface area (Å²) in [6.45, 7) is 0. The van der Waals surface area contributed by atoms with Crippen molar-refractivity contribution in [2.24, 2.45) is 0 Å². The predicted molar refractivity (Wildman–Crippen MR) is 43.3 cm³/mol. The van der Waals surface area contributed by atoms with Crippen molar-refractivity contribution in [3.05, 3.63) is 17.5 Å². The van der Waals surface area contributed by atoms with Crippen molar-refractivity contribution in [1.82, 2.24) is 4.98 Å². The molecule has 0 radical (unpaired) electrons. The summed E-state index contributed by atoms with van der Waals surface area (Å²) in [5.74, 6) is 0.139. The zero-order chi connectivity index (χ0) is 8.55. The second-order valence-corrected chi connectivity index (χ2v) is 2.91. The summed E-state index contributed by atoms with van der Waals surface area (Å²) in [5.41, 5.74) is 4.02. The van der Waals surface area contributed by atoms with Crippen LogP contribution >= 0.6 is 0 Å². The molecule has 1 aromatic heterocycles. The molecule has 0 saturated heterocycles. The predicted octanol–water partition coefficient (Wildman–Crippen LogP) is 1.08. The quantitative estimate of drug-likeness (QED) is 0.546. The normalized spacial score (nSPS) is 14.4. The van der Waals surface area contributed by atoms with Gasteiger partial charge in [0.2, 0.25) is 0 Å². The van der Waals surface area contributed by atoms with E-state index in [1.807, 2.05) is 5.48 Å². The van der Waals surface area contributed by atoms with Gasteiger partial charge in [0.1, 0.15) is 11.4 Å². The Morgan fingerprint density at radius 2 is 2.25 bits per heavy atom. The first-order chi connectivity index (χ1) is 5.83. The summed E-state index contributed by atoms with van der Waals surface area (Å²) < 4.78 is 0. The number of aromatic hydroxyl groups is 1. The van der Waals surface area contributed by atoms with Crippen LogP contribution in [-0.2, 0) is 12.8 Å². The highest BCUT2D eigenvalue weighted by Crippen LogP contribution is 2.33. The zero-order valence-electron chi connectivity index (χ0n) is 6.54. The van der Waals surface area contributed by atoms with E-state index in [9.17, 15) is 5.11 Å². The molecule has 4 nitrogen and oxygen atoms in total. The molecule has 0 fully saturated rings. The average Bonchev–Trinajstić information content (AvgIpc) is 2.53. The van der Waals surface area contributed by atoms with Crippen LogP contribution in [0, 0.1) is 0 Å². The number of rotatable bonds is 1. The monoisotopic (exact) mass is 166 g/mol. The molecule has 1 aliphatic rings. The van der Waals surface area contributed by atoms with E-state index in [4.69, 9.17) is 5.21 Å². The molecular formula is C8H10N2O2. The van der Waals surface area contributed by atoms with E-state index in [0.717, 1.165) is 30.5 Å². The molecule has 0 aromatic carbocycles. The van der Waals surface area contributed by atoms with Gasteiger partial charge in [-0.25, -0.2) is 0 Å². The van der Waals surface area contributed by atoms with Crippen LogP contribution < -0.4 is 5.48 Å². The van der Waals surface area contributed by atoms with Crippen LogP contribution in [0.2, 0.25) is 0 Å². The van der Waals surface area contributed by atoms with Gasteiger partial charge < -0.3 is 5.11 Å². The maximum absolute atomic E-state index is 9.55. The van der Waals surface area contributed by atoms with Gasteiger partial charge in [-0.05, 0) is 19.3 Å². The molecule has 12 heavy (non-hydrogen) atoms. The lowest BCUT2D eigenvalue weighted by molar-refractivity contribution is 0.380. The molecule has 4 heteroatoms. The van der Waals surface area contributed by atoms with E-state index >= 15 is 0 Å². The minimum Gasteiger partial charge on any atom is -0.505 e. The zero-order valence-corrected chi connectivity index (χ0v) is 6.54. The fourth-order valence-electron chi connectivity index (χ4n) is 1.57. The summed E-state index contributed by atoms with van der Waals surface area (Å²) in [6.07, 6.45) is 4.25. The Labute approximate surface area is 69.8 Å². The fraction of sp³-hybridized carbons (Fsp3) is 0.375. The Balaban J connectivity index is 2.54. The maximum atomic E-state index is 9.55. The Kier molecular flexibility index (Phi) is 1.62. The van der Waals surface area contributed by atoms with E-state index in [2.05, 4.69) is 4.98 Å². The van der Waals surface area contributed by atoms with Crippen LogP contribution in [0.1, 0.15) is 17.7 Å². The van der Waals surface area contributed by atoms with Crippen molar-refractivity contribution in [3.8, 4) is 5.75 Å². The SMILES string of the molecule is ONc1cnc2c(c1O)CCC2. The van der Waals surface area contributed by atoms with Crippen molar-refractivity contribution in [2.75, 3.05) is 5.48 Å². The standard InChI is InChI=1S/C8H10N2O2/c11-8-5-2-1-3-6(5)9-4-7(8)10-12/h4,10,12H,1-3H2,(H,9,11). The molecule has 1 aromatic rings. The number of pyridine rings is 1. The molecule has 3 N–H and O–H groups in total. The van der Waals surface area contributed by atoms with Crippen LogP contribution in [0.3, 0.4) is 0 Å². The summed E-state index contributed by atoms with van der Waals surface area (Å²) in [4.78, 5) is 4.11. The molecule has 0 bridgehead atoms. The average molecular weight is 166 g/mol. The summed E-state index contributed by atoms with van der Waals surface area (Å²) in [6, 6.07) is 0. The molecule has 0 aliphatic heterocycles. The molecule has 0 saturated carbocycles. The van der Waals surface area contributed by atoms with Gasteiger partial charge in [-0.2, -0.15) is 0 Å². The van der Waals surface area contributed by atoms with Gasteiger partial charge in [-0.1, -0.05) is 0 Å². The highest BCUT2D eigenvalue weighted by atomic mass is 16.5. The Hall–Kier alpha value is -1.29. The van der Waals surface area contributed by atoms with Crippen molar-refractivity contribution in [1.29, 1.82) is 0 Å². The molecule has 1 heterocycles. The van der Waals surface area contributed by atoms with Gasteiger partial charge in [0, 0.05) is 11.3 Å². The molecular weight excluding hydrogens is 156 g/mol. The molecule has 0 unspecified atom stereocenters. The Morgan fingerprint density at radius 1 is 1.42 bits per heavy atom. The summed E-state index contributed by atoms with van der Waals surface area (Å²) in [7, 11) is 0. The minimum atomic E-state index is 0.139. The van der Waals surface area contributed by atoms with E-state index in [0.29, 0.717) is 0 Å². The van der Waals surface area contributed by atoms with Crippen molar-refractivity contribution < 1.29 is 10.3 Å². The molecule has 2 rings (SSSR count). The molecule has 0 atom stereocenters. The third-order valence-corrected chi connectivity index (χ3v) is 2.20. The van der Waals surface area contributed by atoms with Crippen LogP contribution in [0.15, 0.2) is 6.20 Å². The lowest BCUT2D eigenvalue weighted by Gasteiger charge is -2.05. The summed E-state index contributed by atoms with van der Waals surface area (Å²) in [5, 5.41) is 18.1. The number of nitrogens with one attached hydrogen (secondary N) is 1. The number of aryl methyl sites for hydroxylation is 1. The lowest BCUT2D eigenvalue weighted by Crippen LogP contribution is -1.95. The van der Waals surface area contributed by atoms with Gasteiger partial charge in [-0.3, -0.25) is 15.7 Å². The van der Waals surface area contributed by atoms with E-state index in [1.165, 1.54) is 6.20 Å². The largest absolute Gasteiger partial charge is 0.505 e. The fourth-order valence-corrected chi connectivity index (χ4v) is 1.57. The first-order valence-electron chi connectivity index (χ1n) is 3.92. The number of anilines is 1. The van der Waals surface area contributed by atoms with E-state index in [1.54, 1.807) is 0 Å². The Morgan fingerprint density at radius 3 is 3.00 bits per heavy atom. The lowest BCUT2D eigenvalue weighted by atomic mass is 10.2. The first kappa shape index (κ1) is 7.36. The van der Waals surface area contributed by atoms with Crippen molar-refractivity contribution >= 4 is 5.69 Å². The first-order valence-corrected chi connectivity index (χ1v) is 3.92. The van der Waals surface area contributed by atoms with Crippen LogP contribution in [0.5, 0.6) is 5.75 Å². The number of aromatic nitrogens is 1. The summed E-state index contributed by atoms with van der Waals surface area (Å²) >= 11 is 0. The topological polar surface area (TPSA) is 65.4 Å². The number of nitrogens with zero attached hydrogens (tertiary/aromatic N) is 1. The number of fused-ring (bicyclic) bond motifs is 1. The van der Waals surface area contributed by atoms with Gasteiger partial charge in [0.25, 0.3) is 0 Å². The number of hydrogen-bond donors (Lipinski definition) is 3. The van der Waals surface area contributed by atoms with Gasteiger partial charge in [0.05, 0.1) is 6.20 Å². The van der Waals surface area contributed by atoms with Crippen molar-refractivity contribution in [3.63, 3.8) is 0 Å². The third kappa shape index (κ3) is 0.921. The van der Waals surface area contributed by atoms with Gasteiger partial charge >= 0.3 is 0 Å². The Bertz CT molecular complexity index is 312. The van der Waals surface area contributed by atoms with Crippen LogP contribution in [0.4, 0.5) is 5.69 Å². The van der Waals surface area contributed by atoms with Crippen LogP contribution in [0.25, 0.3) is 0 Å².